The summed E-state index contributed by atoms with van der Waals surface area (Å²) in [6, 6.07) is 0. The smallest absolute Gasteiger partial charge is 0.0571 e. The fourth-order valence-electron chi connectivity index (χ4n) is 2.94. The summed E-state index contributed by atoms with van der Waals surface area (Å²) in [5.41, 5.74) is 4.05. The van der Waals surface area contributed by atoms with Crippen molar-refractivity contribution in [1.82, 2.24) is 10.2 Å². The van der Waals surface area contributed by atoms with Crippen LogP contribution < -0.4 is 0 Å². The first-order valence-corrected chi connectivity index (χ1v) is 8.38. The van der Waals surface area contributed by atoms with Gasteiger partial charge in [-0.25, -0.2) is 0 Å². The Morgan fingerprint density at radius 1 is 1.09 bits per heavy atom. The van der Waals surface area contributed by atoms with Crippen LogP contribution in [0.1, 0.15) is 88.6 Å². The molecule has 3 radical (unpaired) electrons. The van der Waals surface area contributed by atoms with Crippen LogP contribution in [-0.4, -0.2) is 18.6 Å². The molecular weight excluding hydrogens is 279 g/mol. The molecule has 1 aliphatic carbocycles. The van der Waals surface area contributed by atoms with Crippen LogP contribution in [0.5, 0.6) is 0 Å². The van der Waals surface area contributed by atoms with E-state index < -0.39 is 0 Å². The summed E-state index contributed by atoms with van der Waals surface area (Å²) in [6.07, 6.45) is 8.70. The molecule has 23 heavy (non-hydrogen) atoms. The van der Waals surface area contributed by atoms with Crippen LogP contribution in [0.4, 0.5) is 0 Å². The minimum atomic E-state index is 0. The number of aromatic nitrogens is 2. The fraction of sp³-hybridized carbons (Fsp3) is 0.700. The number of rotatable bonds is 4. The Hall–Kier alpha value is -1.12. The summed E-state index contributed by atoms with van der Waals surface area (Å²) in [6.45, 7) is 15.8. The number of hydrogen-bond donors (Lipinski definition) is 0. The second-order valence-electron chi connectivity index (χ2n) is 7.06. The molecule has 0 aliphatic heterocycles. The highest BCUT2D eigenvalue weighted by atomic mass is 15.1. The summed E-state index contributed by atoms with van der Waals surface area (Å²) >= 11 is 0. The molecule has 1 aliphatic rings. The van der Waals surface area contributed by atoms with Crippen molar-refractivity contribution in [2.24, 2.45) is 17.8 Å². The highest BCUT2D eigenvalue weighted by molar-refractivity contribution is 5.75. The molecule has 1 aromatic heterocycles. The Balaban J connectivity index is -0.000000166. The zero-order valence-electron chi connectivity index (χ0n) is 15.4. The average Bonchev–Trinajstić information content (AvgIpc) is 2.77. The summed E-state index contributed by atoms with van der Waals surface area (Å²) in [5, 5.41) is 7.81. The quantitative estimate of drug-likeness (QED) is 0.595. The van der Waals surface area contributed by atoms with Crippen molar-refractivity contribution in [3.63, 3.8) is 0 Å². The number of fused-ring (bicyclic) bond motifs is 1. The van der Waals surface area contributed by atoms with Crippen molar-refractivity contribution in [1.29, 1.82) is 0 Å². The van der Waals surface area contributed by atoms with Crippen molar-refractivity contribution in [3.8, 4) is 0 Å². The van der Waals surface area contributed by atoms with Crippen LogP contribution in [0.15, 0.2) is 18.0 Å². The molecule has 1 heterocycles. The minimum Gasteiger partial charge on any atom is -0.159 e. The first kappa shape index (κ1) is 24.1. The van der Waals surface area contributed by atoms with E-state index in [4.69, 9.17) is 0 Å². The van der Waals surface area contributed by atoms with Crippen LogP contribution >= 0.6 is 0 Å². The molecule has 2 atom stereocenters. The van der Waals surface area contributed by atoms with Gasteiger partial charge in [-0.1, -0.05) is 74.0 Å². The molecule has 133 valence electrons. The molecule has 1 aromatic rings. The summed E-state index contributed by atoms with van der Waals surface area (Å²) in [4.78, 5) is 0. The van der Waals surface area contributed by atoms with Gasteiger partial charge in [-0.3, -0.25) is 0 Å². The lowest BCUT2D eigenvalue weighted by Crippen LogP contribution is -2.00. The topological polar surface area (TPSA) is 25.8 Å². The van der Waals surface area contributed by atoms with E-state index in [1.807, 2.05) is 12.4 Å². The fourth-order valence-corrected chi connectivity index (χ4v) is 2.94. The van der Waals surface area contributed by atoms with Gasteiger partial charge in [0.15, 0.2) is 0 Å². The van der Waals surface area contributed by atoms with Gasteiger partial charge >= 0.3 is 0 Å². The van der Waals surface area contributed by atoms with Crippen molar-refractivity contribution in [3.05, 3.63) is 29.1 Å². The lowest BCUT2D eigenvalue weighted by molar-refractivity contribution is 0.429. The molecule has 0 aromatic carbocycles. The maximum Gasteiger partial charge on any atom is 0.0571 e. The third-order valence-corrected chi connectivity index (χ3v) is 4.32. The van der Waals surface area contributed by atoms with Crippen LogP contribution in [-0.2, 0) is 0 Å². The zero-order chi connectivity index (χ0) is 16.0. The maximum atomic E-state index is 3.92. The molecule has 0 bridgehead atoms. The number of allylic oxidation sites excluding steroid dienone is 1. The monoisotopic (exact) mass is 321 g/mol. The SMILES string of the molecule is C.CC(C)C1=Cc2cnncc2C1C.CCC(C)CC(C)C.[2HH].[2HH].[B]. The first-order valence-electron chi connectivity index (χ1n) is 8.38. The van der Waals surface area contributed by atoms with Crippen LogP contribution in [0.3, 0.4) is 0 Å². The predicted octanol–water partition coefficient (Wildman–Crippen LogP) is 6.46. The van der Waals surface area contributed by atoms with E-state index in [1.165, 1.54) is 29.5 Å². The van der Waals surface area contributed by atoms with Gasteiger partial charge in [0, 0.05) is 17.2 Å². The molecule has 2 nitrogen and oxygen atoms in total. The molecule has 0 amide bonds. The van der Waals surface area contributed by atoms with Gasteiger partial charge in [0.25, 0.3) is 0 Å². The van der Waals surface area contributed by atoms with E-state index in [1.54, 1.807) is 0 Å². The molecule has 0 fully saturated rings. The minimum absolute atomic E-state index is 0. The van der Waals surface area contributed by atoms with Crippen LogP contribution in [0, 0.1) is 17.8 Å². The molecule has 0 spiro atoms. The van der Waals surface area contributed by atoms with E-state index in [2.05, 4.69) is 64.7 Å². The van der Waals surface area contributed by atoms with Gasteiger partial charge in [0.1, 0.15) is 0 Å². The van der Waals surface area contributed by atoms with E-state index in [-0.39, 0.29) is 18.7 Å². The molecular formula is C20H40BN2. The number of nitrogens with zero attached hydrogens (tertiary/aromatic N) is 2. The molecule has 3 heteroatoms. The second-order valence-corrected chi connectivity index (χ2v) is 7.06. The third-order valence-electron chi connectivity index (χ3n) is 4.32. The highest BCUT2D eigenvalue weighted by Crippen LogP contribution is 2.38. The average molecular weight is 321 g/mol. The summed E-state index contributed by atoms with van der Waals surface area (Å²) in [7, 11) is 0. The Bertz CT molecular complexity index is 477. The van der Waals surface area contributed by atoms with Gasteiger partial charge in [-0.15, -0.1) is 0 Å². The highest BCUT2D eigenvalue weighted by Gasteiger charge is 2.23. The Morgan fingerprint density at radius 2 is 1.65 bits per heavy atom. The van der Waals surface area contributed by atoms with Crippen molar-refractivity contribution in [2.75, 3.05) is 0 Å². The van der Waals surface area contributed by atoms with Crippen molar-refractivity contribution >= 4 is 14.5 Å². The summed E-state index contributed by atoms with van der Waals surface area (Å²) in [5.74, 6) is 2.94. The molecule has 2 unspecified atom stereocenters. The van der Waals surface area contributed by atoms with Gasteiger partial charge in [0.2, 0.25) is 0 Å². The van der Waals surface area contributed by atoms with Crippen molar-refractivity contribution < 1.29 is 2.85 Å². The van der Waals surface area contributed by atoms with E-state index in [0.29, 0.717) is 11.8 Å². The lowest BCUT2D eigenvalue weighted by Gasteiger charge is -2.13. The predicted molar refractivity (Wildman–Crippen MR) is 109 cm³/mol. The third kappa shape index (κ3) is 7.33. The van der Waals surface area contributed by atoms with E-state index in [9.17, 15) is 0 Å². The molecule has 0 saturated heterocycles. The van der Waals surface area contributed by atoms with Gasteiger partial charge in [-0.05, 0) is 35.3 Å². The first-order chi connectivity index (χ1) is 9.86. The number of hydrogen-bond acceptors (Lipinski definition) is 2. The van der Waals surface area contributed by atoms with E-state index >= 15 is 0 Å². The van der Waals surface area contributed by atoms with Crippen molar-refractivity contribution in [2.45, 2.75) is 74.7 Å². The Morgan fingerprint density at radius 3 is 2.04 bits per heavy atom. The van der Waals surface area contributed by atoms with E-state index in [0.717, 1.165) is 11.8 Å². The normalized spacial score (nSPS) is 16.6. The standard InChI is InChI=1S/C11H14N2.C8H18.CH4.B.2H2/c1-7(2)10-4-9-5-12-13-6-11(9)8(10)3;1-5-8(4)6-7(2)3;;;;/h4-8H,1-3H3;7-8H,5-6H2,1-4H3;1H4;;2*1H/i;;;;2*1+1. The van der Waals surface area contributed by atoms with Crippen LogP contribution in [0.25, 0.3) is 6.08 Å². The molecule has 0 saturated carbocycles. The zero-order valence-corrected chi connectivity index (χ0v) is 15.4. The molecule has 0 N–H and O–H groups in total. The Labute approximate surface area is 149 Å². The Kier molecular flexibility index (Phi) is 12.0. The summed E-state index contributed by atoms with van der Waals surface area (Å²) < 4.78 is 0. The molecule has 2 rings (SSSR count). The van der Waals surface area contributed by atoms with Crippen LogP contribution in [0.2, 0.25) is 0 Å². The van der Waals surface area contributed by atoms with Gasteiger partial charge in [-0.2, -0.15) is 10.2 Å². The second kappa shape index (κ2) is 11.4. The van der Waals surface area contributed by atoms with Gasteiger partial charge < -0.3 is 0 Å². The van der Waals surface area contributed by atoms with Gasteiger partial charge in [0.05, 0.1) is 12.4 Å². The maximum absolute atomic E-state index is 3.92. The largest absolute Gasteiger partial charge is 0.159 e. The lowest BCUT2D eigenvalue weighted by atomic mass is 9.92.